The molecule has 110 valence electrons. The third-order valence-electron chi connectivity index (χ3n) is 3.21. The number of guanidine groups is 1. The maximum absolute atomic E-state index is 10.2. The number of methoxy groups -OCH3 is 1. The third-order valence-corrected chi connectivity index (χ3v) is 4.44. The molecule has 6 heteroatoms. The van der Waals surface area contributed by atoms with E-state index >= 15 is 0 Å². The number of ether oxygens (including phenoxy) is 1. The molecule has 0 radical (unpaired) electrons. The second-order valence-corrected chi connectivity index (χ2v) is 6.05. The summed E-state index contributed by atoms with van der Waals surface area (Å²) in [6, 6.07) is 7.78. The number of benzene rings is 1. The van der Waals surface area contributed by atoms with Crippen LogP contribution in [0.5, 0.6) is 0 Å². The summed E-state index contributed by atoms with van der Waals surface area (Å²) in [7, 11) is 1.65. The average Bonchev–Trinajstić information content (AvgIpc) is 2.87. The first kappa shape index (κ1) is 15.2. The van der Waals surface area contributed by atoms with Crippen molar-refractivity contribution in [3.05, 3.63) is 29.8 Å². The summed E-state index contributed by atoms with van der Waals surface area (Å²) in [6.07, 6.45) is 0.773. The Kier molecular flexibility index (Phi) is 5.28. The molecule has 2 rings (SSSR count). The van der Waals surface area contributed by atoms with Crippen LogP contribution in [0, 0.1) is 0 Å². The van der Waals surface area contributed by atoms with Crippen molar-refractivity contribution in [2.45, 2.75) is 18.6 Å². The highest BCUT2D eigenvalue weighted by atomic mass is 32.2. The molecule has 1 unspecified atom stereocenters. The van der Waals surface area contributed by atoms with Crippen LogP contribution in [-0.2, 0) is 11.3 Å². The number of nitrogens with one attached hydrogen (secondary N) is 1. The van der Waals surface area contributed by atoms with Gasteiger partial charge in [-0.05, 0) is 18.2 Å². The topological polar surface area (TPSA) is 79.9 Å². The standard InChI is InChI=1S/C14H21N3O2S/c1-19-8-11-4-2-3-5-12(11)17-13(15)16-9-14(18)6-7-20-10-14/h2-5,18H,6-10H2,1H3,(H3,15,16,17). The lowest BCUT2D eigenvalue weighted by Gasteiger charge is -2.19. The zero-order valence-corrected chi connectivity index (χ0v) is 12.4. The summed E-state index contributed by atoms with van der Waals surface area (Å²) in [5.41, 5.74) is 7.08. The van der Waals surface area contributed by atoms with Crippen LogP contribution < -0.4 is 11.1 Å². The van der Waals surface area contributed by atoms with Gasteiger partial charge >= 0.3 is 0 Å². The van der Waals surface area contributed by atoms with E-state index in [1.54, 1.807) is 18.9 Å². The summed E-state index contributed by atoms with van der Waals surface area (Å²) in [5.74, 6) is 2.03. The minimum atomic E-state index is -0.705. The van der Waals surface area contributed by atoms with Gasteiger partial charge in [0.15, 0.2) is 5.96 Å². The molecule has 0 spiro atoms. The Labute approximate surface area is 123 Å². The Morgan fingerprint density at radius 2 is 2.35 bits per heavy atom. The molecule has 1 saturated heterocycles. The highest BCUT2D eigenvalue weighted by molar-refractivity contribution is 7.99. The van der Waals surface area contributed by atoms with Crippen LogP contribution in [0.1, 0.15) is 12.0 Å². The van der Waals surface area contributed by atoms with E-state index in [1.807, 2.05) is 24.3 Å². The van der Waals surface area contributed by atoms with Gasteiger partial charge in [0, 0.05) is 24.1 Å². The molecule has 4 N–H and O–H groups in total. The first-order valence-corrected chi connectivity index (χ1v) is 7.72. The normalized spacial score (nSPS) is 23.0. The zero-order chi connectivity index (χ0) is 14.4. The largest absolute Gasteiger partial charge is 0.387 e. The molecular formula is C14H21N3O2S. The van der Waals surface area contributed by atoms with Gasteiger partial charge in [-0.2, -0.15) is 11.8 Å². The second kappa shape index (κ2) is 6.97. The van der Waals surface area contributed by atoms with E-state index in [9.17, 15) is 5.11 Å². The van der Waals surface area contributed by atoms with Crippen LogP contribution in [0.15, 0.2) is 29.3 Å². The van der Waals surface area contributed by atoms with Crippen LogP contribution in [-0.4, -0.2) is 41.8 Å². The van der Waals surface area contributed by atoms with Crippen LogP contribution in [0.4, 0.5) is 5.69 Å². The minimum Gasteiger partial charge on any atom is -0.387 e. The summed E-state index contributed by atoms with van der Waals surface area (Å²) < 4.78 is 5.14. The number of nitrogens with two attached hydrogens (primary N) is 1. The van der Waals surface area contributed by atoms with Crippen molar-refractivity contribution in [1.82, 2.24) is 0 Å². The van der Waals surface area contributed by atoms with E-state index in [0.717, 1.165) is 29.2 Å². The fourth-order valence-corrected chi connectivity index (χ4v) is 3.34. The molecule has 0 aliphatic carbocycles. The van der Waals surface area contributed by atoms with Crippen molar-refractivity contribution in [2.24, 2.45) is 10.7 Å². The number of nitrogens with zero attached hydrogens (tertiary/aromatic N) is 1. The molecule has 20 heavy (non-hydrogen) atoms. The van der Waals surface area contributed by atoms with Gasteiger partial charge in [0.05, 0.1) is 18.8 Å². The van der Waals surface area contributed by atoms with E-state index in [4.69, 9.17) is 10.5 Å². The minimum absolute atomic E-state index is 0.318. The van der Waals surface area contributed by atoms with Crippen molar-refractivity contribution in [3.8, 4) is 0 Å². The molecule has 0 aromatic heterocycles. The van der Waals surface area contributed by atoms with Gasteiger partial charge in [0.2, 0.25) is 0 Å². The Morgan fingerprint density at radius 3 is 3.05 bits per heavy atom. The Bertz CT molecular complexity index is 473. The molecule has 1 heterocycles. The molecule has 1 aromatic carbocycles. The molecular weight excluding hydrogens is 274 g/mol. The highest BCUT2D eigenvalue weighted by Gasteiger charge is 2.31. The van der Waals surface area contributed by atoms with Gasteiger partial charge in [0.1, 0.15) is 0 Å². The van der Waals surface area contributed by atoms with Crippen LogP contribution in [0.25, 0.3) is 0 Å². The monoisotopic (exact) mass is 295 g/mol. The number of thioether (sulfide) groups is 1. The molecule has 1 aliphatic heterocycles. The lowest BCUT2D eigenvalue weighted by Crippen LogP contribution is -2.34. The Balaban J connectivity index is 1.98. The highest BCUT2D eigenvalue weighted by Crippen LogP contribution is 2.27. The Hall–Kier alpha value is -1.24. The first-order chi connectivity index (χ1) is 9.63. The van der Waals surface area contributed by atoms with E-state index in [1.165, 1.54) is 0 Å². The number of para-hydroxylation sites is 1. The average molecular weight is 295 g/mol. The fraction of sp³-hybridized carbons (Fsp3) is 0.500. The Morgan fingerprint density at radius 1 is 1.55 bits per heavy atom. The van der Waals surface area contributed by atoms with E-state index < -0.39 is 5.60 Å². The van der Waals surface area contributed by atoms with E-state index in [0.29, 0.717) is 19.1 Å². The number of aliphatic hydroxyl groups is 1. The third kappa shape index (κ3) is 4.13. The van der Waals surface area contributed by atoms with Crippen LogP contribution in [0.3, 0.4) is 0 Å². The van der Waals surface area contributed by atoms with Crippen molar-refractivity contribution in [1.29, 1.82) is 0 Å². The fourth-order valence-electron chi connectivity index (χ4n) is 2.05. The lowest BCUT2D eigenvalue weighted by molar-refractivity contribution is 0.0780. The van der Waals surface area contributed by atoms with Gasteiger partial charge < -0.3 is 20.9 Å². The molecule has 1 aliphatic rings. The molecule has 0 bridgehead atoms. The van der Waals surface area contributed by atoms with Gasteiger partial charge in [-0.15, -0.1) is 0 Å². The van der Waals surface area contributed by atoms with Gasteiger partial charge in [-0.3, -0.25) is 4.99 Å². The first-order valence-electron chi connectivity index (χ1n) is 6.57. The van der Waals surface area contributed by atoms with Crippen LogP contribution >= 0.6 is 11.8 Å². The predicted octanol–water partition coefficient (Wildman–Crippen LogP) is 1.43. The number of hydrogen-bond donors (Lipinski definition) is 3. The summed E-state index contributed by atoms with van der Waals surface area (Å²) in [5, 5.41) is 13.3. The van der Waals surface area contributed by atoms with Crippen molar-refractivity contribution >= 4 is 23.4 Å². The number of hydrogen-bond acceptors (Lipinski definition) is 4. The quantitative estimate of drug-likeness (QED) is 0.565. The molecule has 5 nitrogen and oxygen atoms in total. The molecule has 1 aromatic rings. The predicted molar refractivity (Wildman–Crippen MR) is 84.2 cm³/mol. The maximum Gasteiger partial charge on any atom is 0.193 e. The lowest BCUT2D eigenvalue weighted by atomic mass is 10.1. The van der Waals surface area contributed by atoms with E-state index in [-0.39, 0.29) is 0 Å². The SMILES string of the molecule is COCc1ccccc1NC(N)=NCC1(O)CCSC1. The molecule has 1 atom stereocenters. The summed E-state index contributed by atoms with van der Waals surface area (Å²) >= 11 is 1.75. The van der Waals surface area contributed by atoms with Gasteiger partial charge in [-0.25, -0.2) is 0 Å². The number of anilines is 1. The molecule has 1 fully saturated rings. The van der Waals surface area contributed by atoms with Crippen LogP contribution in [0.2, 0.25) is 0 Å². The van der Waals surface area contributed by atoms with Gasteiger partial charge in [0.25, 0.3) is 0 Å². The molecule has 0 amide bonds. The van der Waals surface area contributed by atoms with Crippen molar-refractivity contribution < 1.29 is 9.84 Å². The van der Waals surface area contributed by atoms with Gasteiger partial charge in [-0.1, -0.05) is 18.2 Å². The zero-order valence-electron chi connectivity index (χ0n) is 11.6. The molecule has 0 saturated carbocycles. The maximum atomic E-state index is 10.2. The number of aliphatic imine (C=N–C) groups is 1. The second-order valence-electron chi connectivity index (χ2n) is 4.94. The van der Waals surface area contributed by atoms with Crippen molar-refractivity contribution in [2.75, 3.05) is 30.5 Å². The summed E-state index contributed by atoms with van der Waals surface area (Å²) in [4.78, 5) is 4.25. The summed E-state index contributed by atoms with van der Waals surface area (Å²) in [6.45, 7) is 0.850. The van der Waals surface area contributed by atoms with E-state index in [2.05, 4.69) is 10.3 Å². The number of rotatable bonds is 5. The van der Waals surface area contributed by atoms with Crippen molar-refractivity contribution in [3.63, 3.8) is 0 Å². The smallest absolute Gasteiger partial charge is 0.193 e.